The second kappa shape index (κ2) is 6.44. The molecule has 74 valence electrons. The van der Waals surface area contributed by atoms with Crippen molar-refractivity contribution in [1.82, 2.24) is 4.90 Å². The van der Waals surface area contributed by atoms with E-state index in [1.54, 1.807) is 0 Å². The van der Waals surface area contributed by atoms with Crippen LogP contribution in [0.1, 0.15) is 26.7 Å². The van der Waals surface area contributed by atoms with Gasteiger partial charge >= 0.3 is 0 Å². The first-order valence-corrected chi connectivity index (χ1v) is 5.00. The Labute approximate surface area is 77.1 Å². The number of hydrogen-bond donors (Lipinski definition) is 1. The average Bonchev–Trinajstić information content (AvgIpc) is 2.04. The van der Waals surface area contributed by atoms with E-state index in [0.717, 1.165) is 12.5 Å². The lowest BCUT2D eigenvalue weighted by molar-refractivity contribution is 0.238. The quantitative estimate of drug-likeness (QED) is 0.659. The first-order chi connectivity index (χ1) is 5.65. The van der Waals surface area contributed by atoms with Crippen LogP contribution in [0.2, 0.25) is 0 Å². The predicted octanol–water partition coefficient (Wildman–Crippen LogP) is 1.56. The minimum Gasteiger partial charge on any atom is -0.330 e. The Kier molecular flexibility index (Phi) is 6.39. The first-order valence-electron chi connectivity index (χ1n) is 5.00. The monoisotopic (exact) mass is 172 g/mol. The number of nitrogens with two attached hydrogens (primary N) is 1. The highest BCUT2D eigenvalue weighted by molar-refractivity contribution is 4.70. The van der Waals surface area contributed by atoms with E-state index in [9.17, 15) is 0 Å². The SMILES string of the molecule is CCC(CN)C(CC)CN(C)C. The third-order valence-corrected chi connectivity index (χ3v) is 2.62. The van der Waals surface area contributed by atoms with Crippen molar-refractivity contribution in [3.8, 4) is 0 Å². The summed E-state index contributed by atoms with van der Waals surface area (Å²) in [7, 11) is 4.26. The highest BCUT2D eigenvalue weighted by Gasteiger charge is 2.16. The maximum atomic E-state index is 5.72. The van der Waals surface area contributed by atoms with Gasteiger partial charge in [-0.2, -0.15) is 0 Å². The first kappa shape index (κ1) is 11.9. The molecule has 0 fully saturated rings. The summed E-state index contributed by atoms with van der Waals surface area (Å²) < 4.78 is 0. The largest absolute Gasteiger partial charge is 0.330 e. The van der Waals surface area contributed by atoms with E-state index < -0.39 is 0 Å². The highest BCUT2D eigenvalue weighted by Crippen LogP contribution is 2.18. The summed E-state index contributed by atoms with van der Waals surface area (Å²) >= 11 is 0. The van der Waals surface area contributed by atoms with Crippen molar-refractivity contribution in [2.24, 2.45) is 17.6 Å². The molecule has 0 saturated carbocycles. The Morgan fingerprint density at radius 1 is 1.08 bits per heavy atom. The fourth-order valence-corrected chi connectivity index (χ4v) is 1.77. The molecular weight excluding hydrogens is 148 g/mol. The Hall–Kier alpha value is -0.0800. The summed E-state index contributed by atoms with van der Waals surface area (Å²) in [6.45, 7) is 6.50. The van der Waals surface area contributed by atoms with Crippen LogP contribution >= 0.6 is 0 Å². The Balaban J connectivity index is 3.92. The highest BCUT2D eigenvalue weighted by atomic mass is 15.1. The third kappa shape index (κ3) is 4.07. The van der Waals surface area contributed by atoms with Crippen LogP contribution in [0.15, 0.2) is 0 Å². The van der Waals surface area contributed by atoms with Crippen molar-refractivity contribution < 1.29 is 0 Å². The van der Waals surface area contributed by atoms with Crippen molar-refractivity contribution in [2.75, 3.05) is 27.2 Å². The molecule has 0 aromatic rings. The van der Waals surface area contributed by atoms with Gasteiger partial charge in [0.2, 0.25) is 0 Å². The van der Waals surface area contributed by atoms with E-state index >= 15 is 0 Å². The molecule has 2 unspecified atom stereocenters. The van der Waals surface area contributed by atoms with Crippen molar-refractivity contribution in [1.29, 1.82) is 0 Å². The smallest absolute Gasteiger partial charge is 0.000658 e. The molecule has 0 radical (unpaired) electrons. The van der Waals surface area contributed by atoms with Crippen molar-refractivity contribution in [3.63, 3.8) is 0 Å². The van der Waals surface area contributed by atoms with E-state index in [4.69, 9.17) is 5.73 Å². The molecule has 0 aliphatic rings. The number of hydrogen-bond acceptors (Lipinski definition) is 2. The van der Waals surface area contributed by atoms with Crippen LogP contribution in [0.4, 0.5) is 0 Å². The van der Waals surface area contributed by atoms with Gasteiger partial charge in [-0.1, -0.05) is 26.7 Å². The van der Waals surface area contributed by atoms with E-state index in [1.807, 2.05) is 0 Å². The summed E-state index contributed by atoms with van der Waals surface area (Å²) in [6.07, 6.45) is 2.46. The van der Waals surface area contributed by atoms with Gasteiger partial charge in [0.1, 0.15) is 0 Å². The molecule has 0 bridgehead atoms. The zero-order chi connectivity index (χ0) is 9.56. The lowest BCUT2D eigenvalue weighted by Crippen LogP contribution is -2.31. The molecule has 0 aromatic carbocycles. The third-order valence-electron chi connectivity index (χ3n) is 2.62. The maximum absolute atomic E-state index is 5.72. The van der Waals surface area contributed by atoms with Gasteiger partial charge in [-0.15, -0.1) is 0 Å². The van der Waals surface area contributed by atoms with Crippen LogP contribution in [0, 0.1) is 11.8 Å². The van der Waals surface area contributed by atoms with Gasteiger partial charge in [0.05, 0.1) is 0 Å². The summed E-state index contributed by atoms with van der Waals surface area (Å²) in [5.41, 5.74) is 5.72. The number of rotatable bonds is 6. The van der Waals surface area contributed by atoms with Crippen LogP contribution < -0.4 is 5.73 Å². The molecule has 0 saturated heterocycles. The molecule has 2 atom stereocenters. The Morgan fingerprint density at radius 3 is 1.83 bits per heavy atom. The molecule has 0 spiro atoms. The van der Waals surface area contributed by atoms with Crippen molar-refractivity contribution in [3.05, 3.63) is 0 Å². The Bertz CT molecular complexity index is 98.0. The minimum absolute atomic E-state index is 0.706. The van der Waals surface area contributed by atoms with Gasteiger partial charge < -0.3 is 10.6 Å². The summed E-state index contributed by atoms with van der Waals surface area (Å²) in [6, 6.07) is 0. The standard InChI is InChI=1S/C10H24N2/c1-5-9(7-11)10(6-2)8-12(3)4/h9-10H,5-8,11H2,1-4H3. The van der Waals surface area contributed by atoms with Gasteiger partial charge in [-0.05, 0) is 32.5 Å². The number of nitrogens with zero attached hydrogens (tertiary/aromatic N) is 1. The fraction of sp³-hybridized carbons (Fsp3) is 1.00. The van der Waals surface area contributed by atoms with Crippen LogP contribution in [0.3, 0.4) is 0 Å². The lowest BCUT2D eigenvalue weighted by Gasteiger charge is -2.26. The average molecular weight is 172 g/mol. The minimum atomic E-state index is 0.706. The zero-order valence-corrected chi connectivity index (χ0v) is 9.01. The molecular formula is C10H24N2. The molecule has 2 N–H and O–H groups in total. The lowest BCUT2D eigenvalue weighted by atomic mass is 9.88. The molecule has 0 aromatic heterocycles. The van der Waals surface area contributed by atoms with Gasteiger partial charge in [-0.3, -0.25) is 0 Å². The Morgan fingerprint density at radius 2 is 1.58 bits per heavy atom. The molecule has 0 rings (SSSR count). The molecule has 2 nitrogen and oxygen atoms in total. The fourth-order valence-electron chi connectivity index (χ4n) is 1.77. The van der Waals surface area contributed by atoms with Crippen LogP contribution in [0.25, 0.3) is 0 Å². The van der Waals surface area contributed by atoms with E-state index in [1.165, 1.54) is 19.4 Å². The normalized spacial score (nSPS) is 16.5. The van der Waals surface area contributed by atoms with Gasteiger partial charge in [0, 0.05) is 6.54 Å². The van der Waals surface area contributed by atoms with Gasteiger partial charge in [-0.25, -0.2) is 0 Å². The van der Waals surface area contributed by atoms with E-state index in [0.29, 0.717) is 5.92 Å². The van der Waals surface area contributed by atoms with Crippen LogP contribution in [0.5, 0.6) is 0 Å². The molecule has 12 heavy (non-hydrogen) atoms. The summed E-state index contributed by atoms with van der Waals surface area (Å²) in [5, 5.41) is 0. The molecule has 0 heterocycles. The van der Waals surface area contributed by atoms with Crippen LogP contribution in [-0.2, 0) is 0 Å². The summed E-state index contributed by atoms with van der Waals surface area (Å²) in [4.78, 5) is 2.26. The zero-order valence-electron chi connectivity index (χ0n) is 9.01. The van der Waals surface area contributed by atoms with E-state index in [2.05, 4.69) is 32.8 Å². The van der Waals surface area contributed by atoms with Crippen LogP contribution in [-0.4, -0.2) is 32.1 Å². The van der Waals surface area contributed by atoms with Crippen molar-refractivity contribution >= 4 is 0 Å². The second-order valence-electron chi connectivity index (χ2n) is 3.83. The molecule has 2 heteroatoms. The van der Waals surface area contributed by atoms with Gasteiger partial charge in [0.15, 0.2) is 0 Å². The topological polar surface area (TPSA) is 29.3 Å². The van der Waals surface area contributed by atoms with Crippen molar-refractivity contribution in [2.45, 2.75) is 26.7 Å². The predicted molar refractivity (Wildman–Crippen MR) is 55.2 cm³/mol. The van der Waals surface area contributed by atoms with E-state index in [-0.39, 0.29) is 0 Å². The maximum Gasteiger partial charge on any atom is 0.000658 e. The molecule has 0 amide bonds. The summed E-state index contributed by atoms with van der Waals surface area (Å²) in [5.74, 6) is 1.48. The molecule has 0 aliphatic heterocycles. The molecule has 0 aliphatic carbocycles. The second-order valence-corrected chi connectivity index (χ2v) is 3.83. The van der Waals surface area contributed by atoms with Gasteiger partial charge in [0.25, 0.3) is 0 Å².